The molecular weight excluding hydrogens is 787 g/mol. The summed E-state index contributed by atoms with van der Waals surface area (Å²) in [4.78, 5) is 97.0. The molecule has 8 N–H and O–H groups in total. The number of hydrogen-bond acceptors (Lipinski definition) is 13. The van der Waals surface area contributed by atoms with Gasteiger partial charge in [-0.2, -0.15) is 0 Å². The Morgan fingerprint density at radius 3 is 1.88 bits per heavy atom. The van der Waals surface area contributed by atoms with Crippen molar-refractivity contribution in [2.75, 3.05) is 20.8 Å². The first-order chi connectivity index (χ1) is 27.2. The van der Waals surface area contributed by atoms with Crippen molar-refractivity contribution in [2.24, 2.45) is 17.6 Å². The van der Waals surface area contributed by atoms with Crippen molar-refractivity contribution in [1.29, 1.82) is 0 Å². The molecule has 0 saturated heterocycles. The van der Waals surface area contributed by atoms with Crippen molar-refractivity contribution >= 4 is 49.3 Å². The third-order valence-corrected chi connectivity index (χ3v) is 13.3. The number of nitrogens with one attached hydrogen (secondary N) is 4. The van der Waals surface area contributed by atoms with Crippen molar-refractivity contribution < 1.29 is 57.8 Å². The van der Waals surface area contributed by atoms with Gasteiger partial charge in [0.1, 0.15) is 29.3 Å². The molecule has 1 aromatic carbocycles. The molecule has 2 unspecified atom stereocenters. The van der Waals surface area contributed by atoms with Crippen LogP contribution in [0.15, 0.2) is 30.3 Å². The Morgan fingerprint density at radius 1 is 0.915 bits per heavy atom. The number of amides is 5. The van der Waals surface area contributed by atoms with Crippen LogP contribution < -0.4 is 27.0 Å². The number of nitrogens with zero attached hydrogens (tertiary/aromatic N) is 1. The first-order valence-electron chi connectivity index (χ1n) is 19.6. The molecule has 0 heterocycles. The predicted molar refractivity (Wildman–Crippen MR) is 218 cm³/mol. The Hall–Kier alpha value is -4.35. The molecule has 1 aliphatic carbocycles. The zero-order valence-corrected chi connectivity index (χ0v) is 37.2. The molecule has 19 heteroatoms. The fraction of sp³-hybridized carbons (Fsp3) is 0.675. The lowest BCUT2D eigenvalue weighted by Crippen LogP contribution is -2.70. The number of carbonyl (C=O) groups is 7. The molecule has 1 saturated carbocycles. The number of carboxylic acid groups (broad SMARTS) is 1. The molecule has 0 aromatic heterocycles. The van der Waals surface area contributed by atoms with Crippen LogP contribution in [0, 0.1) is 11.8 Å². The molecule has 2 rings (SSSR count). The van der Waals surface area contributed by atoms with Crippen LogP contribution in [0.25, 0.3) is 0 Å². The number of aliphatic hydroxyl groups is 1. The van der Waals surface area contributed by atoms with Crippen molar-refractivity contribution in [3.8, 4) is 0 Å². The number of hydrogen-bond donors (Lipinski definition) is 7. The molecule has 18 nitrogen and oxygen atoms in total. The zero-order chi connectivity index (χ0) is 45.5. The van der Waals surface area contributed by atoms with E-state index in [-0.39, 0.29) is 18.4 Å². The summed E-state index contributed by atoms with van der Waals surface area (Å²) in [6.45, 7) is 13.9. The molecule has 1 aromatic rings. The van der Waals surface area contributed by atoms with Gasteiger partial charge in [-0.3, -0.25) is 34.6 Å². The van der Waals surface area contributed by atoms with E-state index in [9.17, 15) is 39.0 Å². The number of likely N-dealkylation sites (N-methyl/N-ethyl adjacent to an activating group) is 1. The number of imide groups is 1. The second kappa shape index (κ2) is 19.8. The number of benzene rings is 1. The summed E-state index contributed by atoms with van der Waals surface area (Å²) < 4.78 is 26.2. The zero-order valence-electron chi connectivity index (χ0n) is 36.3. The van der Waals surface area contributed by atoms with E-state index in [1.807, 2.05) is 0 Å². The van der Waals surface area contributed by atoms with E-state index in [2.05, 4.69) is 21.3 Å². The van der Waals surface area contributed by atoms with E-state index in [1.54, 1.807) is 45.9 Å². The SMILES string of the molecule is CN[C@@](C(=O)N[C@H](C(=O)O)C(C)C)(C(=O)C1([P+](=O)C(C)(NC(=O)[C@H](C)N(C(=O)OC(C)(C)C)C(=O)[C@H](C)NC(=O)[C@@](N)(CO)c2ccccc2)OC)CCCC1)C(C)C. The van der Waals surface area contributed by atoms with E-state index >= 15 is 9.36 Å². The molecule has 1 fully saturated rings. The number of carboxylic acids is 1. The van der Waals surface area contributed by atoms with Crippen LogP contribution in [0.3, 0.4) is 0 Å². The van der Waals surface area contributed by atoms with Gasteiger partial charge in [-0.1, -0.05) is 62.6 Å². The number of ether oxygens (including phenoxy) is 2. The van der Waals surface area contributed by atoms with Crippen LogP contribution >= 0.6 is 7.80 Å². The molecule has 0 bridgehead atoms. The first-order valence-corrected chi connectivity index (χ1v) is 20.9. The Balaban J connectivity index is 2.59. The molecule has 59 heavy (non-hydrogen) atoms. The lowest BCUT2D eigenvalue weighted by molar-refractivity contribution is -0.148. The monoisotopic (exact) mass is 851 g/mol. The number of aliphatic hydroxyl groups excluding tert-OH is 1. The molecule has 0 spiro atoms. The number of nitrogens with two attached hydrogens (primary N) is 1. The van der Waals surface area contributed by atoms with E-state index in [1.165, 1.54) is 60.7 Å². The number of carbonyl (C=O) groups excluding carboxylic acids is 6. The fourth-order valence-electron chi connectivity index (χ4n) is 7.18. The van der Waals surface area contributed by atoms with Crippen molar-refractivity contribution in [3.63, 3.8) is 0 Å². The minimum atomic E-state index is -3.01. The first kappa shape index (κ1) is 50.8. The smallest absolute Gasteiger partial charge is 0.417 e. The summed E-state index contributed by atoms with van der Waals surface area (Å²) in [7, 11) is -0.488. The number of methoxy groups -OCH3 is 1. The summed E-state index contributed by atoms with van der Waals surface area (Å²) in [6.07, 6.45) is -0.351. The quantitative estimate of drug-likeness (QED) is 0.0599. The minimum absolute atomic E-state index is 0.0283. The lowest BCUT2D eigenvalue weighted by Gasteiger charge is -2.39. The highest BCUT2D eigenvalue weighted by atomic mass is 31.1. The van der Waals surface area contributed by atoms with Crippen LogP contribution in [0.4, 0.5) is 4.79 Å². The van der Waals surface area contributed by atoms with E-state index in [4.69, 9.17) is 15.2 Å². The summed E-state index contributed by atoms with van der Waals surface area (Å²) in [5, 5.41) is 28.5. The number of rotatable bonds is 19. The van der Waals surface area contributed by atoms with Gasteiger partial charge in [0.05, 0.1) is 6.61 Å². The topological polar surface area (TPSA) is 273 Å². The predicted octanol–water partition coefficient (Wildman–Crippen LogP) is 2.48. The fourth-order valence-corrected chi connectivity index (χ4v) is 9.46. The maximum absolute atomic E-state index is 15.0. The minimum Gasteiger partial charge on any atom is -0.480 e. The molecule has 0 aliphatic heterocycles. The number of ketones is 1. The van der Waals surface area contributed by atoms with Gasteiger partial charge in [0, 0.05) is 26.9 Å². The second-order valence-corrected chi connectivity index (χ2v) is 19.1. The van der Waals surface area contributed by atoms with Gasteiger partial charge in [-0.25, -0.2) is 14.5 Å². The Bertz CT molecular complexity index is 1750. The molecule has 7 atom stereocenters. The highest BCUT2D eigenvalue weighted by Gasteiger charge is 2.71. The summed E-state index contributed by atoms with van der Waals surface area (Å²) in [5.74, 6) is -7.45. The van der Waals surface area contributed by atoms with Gasteiger partial charge in [-0.05, 0) is 71.9 Å². The van der Waals surface area contributed by atoms with E-state index in [0.29, 0.717) is 17.7 Å². The standard InChI is InChI=1S/C40H63N6O12P/c1-23(2)28(31(50)51)44-34(54)40(42-11,24(3)4)32(52)38(20-16-17-21-38)59(56)37(10,57-12)45-29(48)26(6)46(35(55)58-36(7,8)9)30(49)25(5)43-33(53)39(41,22-47)27-18-14-13-15-19-27/h13-15,18-19,23-26,28,42,47H,16-17,20-22,41H2,1-12H3,(H3-,43,44,45,48,50,51,53,54)/p+1/t25-,26-,28-,37?,39+,40+/m0/s1. The normalized spacial score (nSPS) is 18.8. The molecule has 0 radical (unpaired) electrons. The van der Waals surface area contributed by atoms with Crippen molar-refractivity contribution in [1.82, 2.24) is 26.2 Å². The third kappa shape index (κ3) is 10.7. The van der Waals surface area contributed by atoms with Crippen LogP contribution in [0.5, 0.6) is 0 Å². The molecule has 330 valence electrons. The van der Waals surface area contributed by atoms with Crippen LogP contribution in [-0.4, -0.2) is 117 Å². The highest BCUT2D eigenvalue weighted by Crippen LogP contribution is 2.59. The van der Waals surface area contributed by atoms with Gasteiger partial charge in [0.2, 0.25) is 28.7 Å². The van der Waals surface area contributed by atoms with E-state index in [0.717, 1.165) is 7.11 Å². The van der Waals surface area contributed by atoms with Gasteiger partial charge < -0.3 is 36.1 Å². The third-order valence-electron chi connectivity index (χ3n) is 10.8. The lowest BCUT2D eigenvalue weighted by atomic mass is 9.75. The summed E-state index contributed by atoms with van der Waals surface area (Å²) >= 11 is 0. The molecular formula is C40H64N6O12P+. The van der Waals surface area contributed by atoms with Crippen LogP contribution in [0.2, 0.25) is 0 Å². The molecule has 1 aliphatic rings. The van der Waals surface area contributed by atoms with Crippen LogP contribution in [-0.2, 0) is 48.3 Å². The van der Waals surface area contributed by atoms with E-state index < -0.39 is 113 Å². The Kier molecular flexibility index (Phi) is 17.1. The summed E-state index contributed by atoms with van der Waals surface area (Å²) in [5.41, 5.74) is -0.823. The Morgan fingerprint density at radius 2 is 1.46 bits per heavy atom. The number of Topliss-reactive ketones (excluding diaryl/α,β-unsaturated/α-hetero) is 1. The second-order valence-electron chi connectivity index (χ2n) is 16.8. The van der Waals surface area contributed by atoms with Crippen LogP contribution in [0.1, 0.15) is 100 Å². The highest BCUT2D eigenvalue weighted by molar-refractivity contribution is 7.49. The molecule has 5 amide bonds. The average molecular weight is 852 g/mol. The number of aliphatic carboxylic acids is 1. The Labute approximate surface area is 347 Å². The summed E-state index contributed by atoms with van der Waals surface area (Å²) in [6, 6.07) is 3.35. The average Bonchev–Trinajstić information content (AvgIpc) is 3.67. The van der Waals surface area contributed by atoms with Gasteiger partial charge in [0.15, 0.2) is 5.54 Å². The van der Waals surface area contributed by atoms with Crippen molar-refractivity contribution in [2.45, 2.75) is 140 Å². The largest absolute Gasteiger partial charge is 0.480 e. The van der Waals surface area contributed by atoms with Gasteiger partial charge in [0.25, 0.3) is 5.91 Å². The van der Waals surface area contributed by atoms with Gasteiger partial charge >= 0.3 is 25.3 Å². The maximum atomic E-state index is 15.0. The maximum Gasteiger partial charge on any atom is 0.417 e. The van der Waals surface area contributed by atoms with Gasteiger partial charge in [-0.15, -0.1) is 0 Å². The van der Waals surface area contributed by atoms with Crippen molar-refractivity contribution in [3.05, 3.63) is 35.9 Å².